The highest BCUT2D eigenvalue weighted by atomic mass is 32.1. The van der Waals surface area contributed by atoms with Crippen LogP contribution in [-0.2, 0) is 11.2 Å². The van der Waals surface area contributed by atoms with E-state index < -0.39 is 0 Å². The lowest BCUT2D eigenvalue weighted by molar-refractivity contribution is -0.124. The van der Waals surface area contributed by atoms with Gasteiger partial charge in [0.25, 0.3) is 0 Å². The molecule has 0 fully saturated rings. The predicted octanol–water partition coefficient (Wildman–Crippen LogP) is 1.86. The summed E-state index contributed by atoms with van der Waals surface area (Å²) in [6, 6.07) is 3.63. The maximum atomic E-state index is 11.8. The van der Waals surface area contributed by atoms with Crippen molar-refractivity contribution in [3.05, 3.63) is 40.8 Å². The first-order chi connectivity index (χ1) is 8.27. The highest BCUT2D eigenvalue weighted by Crippen LogP contribution is 2.06. The average molecular weight is 249 g/mol. The number of hydrogen-bond donors (Lipinski definition) is 1. The van der Waals surface area contributed by atoms with Crippen LogP contribution in [0.2, 0.25) is 0 Å². The van der Waals surface area contributed by atoms with Gasteiger partial charge in [0.05, 0.1) is 0 Å². The van der Waals surface area contributed by atoms with Gasteiger partial charge in [0, 0.05) is 18.9 Å². The maximum Gasteiger partial charge on any atom is 0.244 e. The molecule has 0 aromatic carbocycles. The van der Waals surface area contributed by atoms with Crippen LogP contribution in [0.25, 0.3) is 0 Å². The summed E-state index contributed by atoms with van der Waals surface area (Å²) in [5.74, 6) is 0.00364. The molecule has 0 saturated carbocycles. The van der Waals surface area contributed by atoms with Crippen molar-refractivity contribution in [1.82, 2.24) is 15.1 Å². The van der Waals surface area contributed by atoms with Crippen molar-refractivity contribution in [2.75, 3.05) is 6.54 Å². The minimum absolute atomic E-state index is 0.00364. The molecule has 2 aromatic rings. The number of carbonyl (C=O) groups is 1. The number of aromatic nitrogens is 2. The third-order valence-electron chi connectivity index (χ3n) is 2.59. The second-order valence-electron chi connectivity index (χ2n) is 3.83. The standard InChI is InChI=1S/C12H15N3OS/c1-10(15-7-2-5-14-15)12(16)13-6-3-11-4-8-17-9-11/h2,4-5,7-10H,3,6H2,1H3,(H,13,16). The Morgan fingerprint density at radius 1 is 1.65 bits per heavy atom. The summed E-state index contributed by atoms with van der Waals surface area (Å²) in [5, 5.41) is 11.1. The van der Waals surface area contributed by atoms with Crippen LogP contribution in [0, 0.1) is 0 Å². The number of hydrogen-bond acceptors (Lipinski definition) is 3. The van der Waals surface area contributed by atoms with Crippen molar-refractivity contribution >= 4 is 17.2 Å². The molecule has 0 aliphatic carbocycles. The van der Waals surface area contributed by atoms with Gasteiger partial charge in [0.15, 0.2) is 0 Å². The van der Waals surface area contributed by atoms with E-state index in [1.807, 2.05) is 18.4 Å². The molecule has 5 heteroatoms. The summed E-state index contributed by atoms with van der Waals surface area (Å²) in [6.45, 7) is 2.51. The van der Waals surface area contributed by atoms with Gasteiger partial charge in [-0.25, -0.2) is 0 Å². The van der Waals surface area contributed by atoms with Crippen LogP contribution in [0.3, 0.4) is 0 Å². The van der Waals surface area contributed by atoms with Crippen LogP contribution < -0.4 is 5.32 Å². The zero-order chi connectivity index (χ0) is 12.1. The van der Waals surface area contributed by atoms with E-state index in [1.54, 1.807) is 28.4 Å². The summed E-state index contributed by atoms with van der Waals surface area (Å²) in [6.07, 6.45) is 4.35. The fourth-order valence-corrected chi connectivity index (χ4v) is 2.25. The second kappa shape index (κ2) is 5.63. The largest absolute Gasteiger partial charge is 0.354 e. The number of carbonyl (C=O) groups excluding carboxylic acids is 1. The lowest BCUT2D eigenvalue weighted by atomic mass is 10.2. The zero-order valence-electron chi connectivity index (χ0n) is 9.67. The molecule has 2 heterocycles. The first-order valence-electron chi connectivity index (χ1n) is 5.55. The van der Waals surface area contributed by atoms with Crippen molar-refractivity contribution < 1.29 is 4.79 Å². The first kappa shape index (κ1) is 11.9. The highest BCUT2D eigenvalue weighted by Gasteiger charge is 2.13. The van der Waals surface area contributed by atoms with Crippen LogP contribution in [0.1, 0.15) is 18.5 Å². The van der Waals surface area contributed by atoms with E-state index in [2.05, 4.69) is 21.9 Å². The molecule has 2 rings (SSSR count). The van der Waals surface area contributed by atoms with Gasteiger partial charge < -0.3 is 5.32 Å². The Morgan fingerprint density at radius 3 is 3.18 bits per heavy atom. The smallest absolute Gasteiger partial charge is 0.244 e. The van der Waals surface area contributed by atoms with E-state index in [1.165, 1.54) is 5.56 Å². The molecule has 0 spiro atoms. The molecule has 17 heavy (non-hydrogen) atoms. The molecule has 2 aromatic heterocycles. The van der Waals surface area contributed by atoms with Crippen molar-refractivity contribution in [2.45, 2.75) is 19.4 Å². The van der Waals surface area contributed by atoms with Gasteiger partial charge >= 0.3 is 0 Å². The van der Waals surface area contributed by atoms with Gasteiger partial charge in [0.2, 0.25) is 5.91 Å². The molecule has 0 bridgehead atoms. The van der Waals surface area contributed by atoms with Crippen LogP contribution >= 0.6 is 11.3 Å². The van der Waals surface area contributed by atoms with Crippen LogP contribution in [0.15, 0.2) is 35.3 Å². The third-order valence-corrected chi connectivity index (χ3v) is 3.33. The molecule has 4 nitrogen and oxygen atoms in total. The van der Waals surface area contributed by atoms with E-state index in [0.717, 1.165) is 6.42 Å². The van der Waals surface area contributed by atoms with Gasteiger partial charge in [-0.2, -0.15) is 16.4 Å². The molecular formula is C12H15N3OS. The van der Waals surface area contributed by atoms with Crippen molar-refractivity contribution in [1.29, 1.82) is 0 Å². The number of thiophene rings is 1. The quantitative estimate of drug-likeness (QED) is 0.879. The number of nitrogens with zero attached hydrogens (tertiary/aromatic N) is 2. The molecule has 90 valence electrons. The van der Waals surface area contributed by atoms with Gasteiger partial charge in [-0.3, -0.25) is 9.48 Å². The highest BCUT2D eigenvalue weighted by molar-refractivity contribution is 7.07. The monoisotopic (exact) mass is 249 g/mol. The fourth-order valence-electron chi connectivity index (χ4n) is 1.54. The van der Waals surface area contributed by atoms with E-state index in [4.69, 9.17) is 0 Å². The van der Waals surface area contributed by atoms with Gasteiger partial charge in [-0.15, -0.1) is 0 Å². The lowest BCUT2D eigenvalue weighted by Gasteiger charge is -2.12. The van der Waals surface area contributed by atoms with Gasteiger partial charge in [-0.05, 0) is 41.8 Å². The topological polar surface area (TPSA) is 46.9 Å². The molecule has 1 amide bonds. The summed E-state index contributed by atoms with van der Waals surface area (Å²) in [4.78, 5) is 11.8. The van der Waals surface area contributed by atoms with E-state index >= 15 is 0 Å². The first-order valence-corrected chi connectivity index (χ1v) is 6.49. The normalized spacial score (nSPS) is 12.3. The van der Waals surface area contributed by atoms with Crippen molar-refractivity contribution in [2.24, 2.45) is 0 Å². The minimum atomic E-state index is -0.257. The Kier molecular flexibility index (Phi) is 3.93. The Morgan fingerprint density at radius 2 is 2.53 bits per heavy atom. The SMILES string of the molecule is CC(C(=O)NCCc1ccsc1)n1cccn1. The number of amides is 1. The molecule has 0 saturated heterocycles. The van der Waals surface area contributed by atoms with E-state index in [-0.39, 0.29) is 11.9 Å². The van der Waals surface area contributed by atoms with Crippen molar-refractivity contribution in [3.63, 3.8) is 0 Å². The van der Waals surface area contributed by atoms with Crippen LogP contribution in [-0.4, -0.2) is 22.2 Å². The number of nitrogens with one attached hydrogen (secondary N) is 1. The molecule has 0 aliphatic rings. The summed E-state index contributed by atoms with van der Waals surface area (Å²) in [5.41, 5.74) is 1.27. The summed E-state index contributed by atoms with van der Waals surface area (Å²) >= 11 is 1.68. The van der Waals surface area contributed by atoms with Crippen LogP contribution in [0.4, 0.5) is 0 Å². The summed E-state index contributed by atoms with van der Waals surface area (Å²) in [7, 11) is 0. The third kappa shape index (κ3) is 3.17. The fraction of sp³-hybridized carbons (Fsp3) is 0.333. The molecule has 1 N–H and O–H groups in total. The van der Waals surface area contributed by atoms with Gasteiger partial charge in [0.1, 0.15) is 6.04 Å². The van der Waals surface area contributed by atoms with Gasteiger partial charge in [-0.1, -0.05) is 0 Å². The molecule has 1 unspecified atom stereocenters. The molecule has 0 aliphatic heterocycles. The Labute approximate surface area is 104 Å². The molecular weight excluding hydrogens is 234 g/mol. The summed E-state index contributed by atoms with van der Waals surface area (Å²) < 4.78 is 1.65. The maximum absolute atomic E-state index is 11.8. The Hall–Kier alpha value is -1.62. The molecule has 1 atom stereocenters. The predicted molar refractivity (Wildman–Crippen MR) is 68.0 cm³/mol. The van der Waals surface area contributed by atoms with E-state index in [0.29, 0.717) is 6.54 Å². The van der Waals surface area contributed by atoms with E-state index in [9.17, 15) is 4.79 Å². The van der Waals surface area contributed by atoms with Crippen molar-refractivity contribution in [3.8, 4) is 0 Å². The van der Waals surface area contributed by atoms with Crippen LogP contribution in [0.5, 0.6) is 0 Å². The number of rotatable bonds is 5. The Bertz CT molecular complexity index is 450. The lowest BCUT2D eigenvalue weighted by Crippen LogP contribution is -2.32. The Balaban J connectivity index is 1.77. The zero-order valence-corrected chi connectivity index (χ0v) is 10.5. The minimum Gasteiger partial charge on any atom is -0.354 e. The molecule has 0 radical (unpaired) electrons. The average Bonchev–Trinajstić information content (AvgIpc) is 3.00. The second-order valence-corrected chi connectivity index (χ2v) is 4.61.